The maximum Gasteiger partial charge on any atom is 0.264 e. The van der Waals surface area contributed by atoms with Crippen LogP contribution in [0.5, 0.6) is 5.75 Å². The number of nitrogens with one attached hydrogen (secondary N) is 1. The van der Waals surface area contributed by atoms with Crippen LogP contribution in [0.1, 0.15) is 50.2 Å². The molecule has 218 valence electrons. The summed E-state index contributed by atoms with van der Waals surface area (Å²) < 4.78 is 34.2. The molecule has 0 aliphatic heterocycles. The third-order valence-corrected chi connectivity index (χ3v) is 9.32. The van der Waals surface area contributed by atoms with Crippen LogP contribution < -0.4 is 14.4 Å². The van der Waals surface area contributed by atoms with Gasteiger partial charge in [0, 0.05) is 12.6 Å². The van der Waals surface area contributed by atoms with Crippen molar-refractivity contribution in [3.05, 3.63) is 90.0 Å². The summed E-state index contributed by atoms with van der Waals surface area (Å²) in [6, 6.07) is 21.8. The van der Waals surface area contributed by atoms with Crippen LogP contribution >= 0.6 is 0 Å². The molecule has 4 rings (SSSR count). The van der Waals surface area contributed by atoms with E-state index in [4.69, 9.17) is 4.74 Å². The quantitative estimate of drug-likeness (QED) is 0.325. The fourth-order valence-corrected chi connectivity index (χ4v) is 6.59. The van der Waals surface area contributed by atoms with Gasteiger partial charge in [0.2, 0.25) is 11.8 Å². The molecule has 1 saturated carbocycles. The molecule has 1 fully saturated rings. The SMILES string of the molecule is CCC(C(=O)NC1CCCC1)N(Cc1ccc(OC)cc1)C(=O)CN(c1ccccc1)S(=O)(=O)c1ccc(C)cc1. The number of carbonyl (C=O) groups excluding carboxylic acids is 2. The number of hydrogen-bond donors (Lipinski definition) is 1. The van der Waals surface area contributed by atoms with Gasteiger partial charge in [-0.05, 0) is 68.1 Å². The Kier molecular flexibility index (Phi) is 10.0. The maximum atomic E-state index is 14.1. The Labute approximate surface area is 243 Å². The number of carbonyl (C=O) groups is 2. The number of ether oxygens (including phenoxy) is 1. The molecule has 1 aliphatic rings. The number of aryl methyl sites for hydroxylation is 1. The highest BCUT2D eigenvalue weighted by atomic mass is 32.2. The van der Waals surface area contributed by atoms with E-state index in [9.17, 15) is 18.0 Å². The van der Waals surface area contributed by atoms with Gasteiger partial charge < -0.3 is 15.0 Å². The van der Waals surface area contributed by atoms with Crippen LogP contribution in [-0.4, -0.2) is 50.9 Å². The second kappa shape index (κ2) is 13.7. The van der Waals surface area contributed by atoms with Crippen LogP contribution in [0.2, 0.25) is 0 Å². The van der Waals surface area contributed by atoms with Gasteiger partial charge in [-0.25, -0.2) is 8.42 Å². The monoisotopic (exact) mass is 577 g/mol. The molecule has 3 aromatic rings. The molecule has 1 aliphatic carbocycles. The van der Waals surface area contributed by atoms with E-state index in [2.05, 4.69) is 5.32 Å². The van der Waals surface area contributed by atoms with Crippen molar-refractivity contribution in [2.24, 2.45) is 0 Å². The lowest BCUT2D eigenvalue weighted by atomic mass is 10.1. The number of nitrogens with zero attached hydrogens (tertiary/aromatic N) is 2. The predicted molar refractivity (Wildman–Crippen MR) is 160 cm³/mol. The van der Waals surface area contributed by atoms with Gasteiger partial charge in [0.1, 0.15) is 18.3 Å². The first-order chi connectivity index (χ1) is 19.7. The van der Waals surface area contributed by atoms with Gasteiger partial charge in [-0.15, -0.1) is 0 Å². The number of anilines is 1. The normalized spacial score (nSPS) is 14.3. The first-order valence-corrected chi connectivity index (χ1v) is 15.5. The summed E-state index contributed by atoms with van der Waals surface area (Å²) in [7, 11) is -2.50. The third-order valence-electron chi connectivity index (χ3n) is 7.53. The standard InChI is InChI=1S/C32H39N3O5S/c1-4-30(32(37)33-26-10-8-9-11-26)34(22-25-16-18-28(40-3)19-17-25)31(36)23-35(27-12-6-5-7-13-27)41(38,39)29-20-14-24(2)15-21-29/h5-7,12-21,26,30H,4,8-11,22-23H2,1-3H3,(H,33,37). The number of sulfonamides is 1. The van der Waals surface area contributed by atoms with E-state index in [-0.39, 0.29) is 23.4 Å². The number of methoxy groups -OCH3 is 1. The predicted octanol–water partition coefficient (Wildman–Crippen LogP) is 5.07. The molecular formula is C32H39N3O5S. The van der Waals surface area contributed by atoms with Gasteiger partial charge in [-0.3, -0.25) is 13.9 Å². The summed E-state index contributed by atoms with van der Waals surface area (Å²) >= 11 is 0. The summed E-state index contributed by atoms with van der Waals surface area (Å²) in [4.78, 5) is 29.3. The summed E-state index contributed by atoms with van der Waals surface area (Å²) in [5.74, 6) is -0.000201. The van der Waals surface area contributed by atoms with Crippen molar-refractivity contribution < 1.29 is 22.7 Å². The van der Waals surface area contributed by atoms with Gasteiger partial charge in [-0.2, -0.15) is 0 Å². The number of rotatable bonds is 12. The molecule has 0 radical (unpaired) electrons. The second-order valence-corrected chi connectivity index (χ2v) is 12.3. The number of hydrogen-bond acceptors (Lipinski definition) is 5. The van der Waals surface area contributed by atoms with Crippen LogP contribution in [0, 0.1) is 6.92 Å². The molecule has 0 bridgehead atoms. The highest BCUT2D eigenvalue weighted by molar-refractivity contribution is 7.92. The average molecular weight is 578 g/mol. The van der Waals surface area contributed by atoms with Crippen LogP contribution in [0.4, 0.5) is 5.69 Å². The molecule has 9 heteroatoms. The highest BCUT2D eigenvalue weighted by Crippen LogP contribution is 2.25. The Morgan fingerprint density at radius 2 is 1.59 bits per heavy atom. The lowest BCUT2D eigenvalue weighted by molar-refractivity contribution is -0.140. The van der Waals surface area contributed by atoms with Crippen LogP contribution in [-0.2, 0) is 26.2 Å². The van der Waals surface area contributed by atoms with E-state index >= 15 is 0 Å². The molecule has 41 heavy (non-hydrogen) atoms. The zero-order valence-corrected chi connectivity index (χ0v) is 24.8. The van der Waals surface area contributed by atoms with Gasteiger partial charge >= 0.3 is 0 Å². The number of amides is 2. The molecule has 0 heterocycles. The lowest BCUT2D eigenvalue weighted by Gasteiger charge is -2.33. The van der Waals surface area contributed by atoms with Gasteiger partial charge in [0.15, 0.2) is 0 Å². The third kappa shape index (κ3) is 7.47. The van der Waals surface area contributed by atoms with E-state index < -0.39 is 28.5 Å². The molecule has 0 spiro atoms. The summed E-state index contributed by atoms with van der Waals surface area (Å²) in [6.45, 7) is 3.44. The van der Waals surface area contributed by atoms with Crippen molar-refractivity contribution in [1.29, 1.82) is 0 Å². The van der Waals surface area contributed by atoms with Crippen molar-refractivity contribution in [3.63, 3.8) is 0 Å². The van der Waals surface area contributed by atoms with E-state index in [0.717, 1.165) is 41.1 Å². The minimum atomic E-state index is -4.08. The molecule has 1 unspecified atom stereocenters. The van der Waals surface area contributed by atoms with Crippen LogP contribution in [0.25, 0.3) is 0 Å². The molecule has 0 saturated heterocycles. The van der Waals surface area contributed by atoms with Gasteiger partial charge in [-0.1, -0.05) is 67.8 Å². The van der Waals surface area contributed by atoms with Crippen molar-refractivity contribution in [3.8, 4) is 5.75 Å². The minimum Gasteiger partial charge on any atom is -0.497 e. The molecule has 1 N–H and O–H groups in total. The molecule has 2 amide bonds. The fourth-order valence-electron chi connectivity index (χ4n) is 5.18. The average Bonchev–Trinajstić information content (AvgIpc) is 3.49. The zero-order valence-electron chi connectivity index (χ0n) is 24.0. The fraction of sp³-hybridized carbons (Fsp3) is 0.375. The first-order valence-electron chi connectivity index (χ1n) is 14.1. The van der Waals surface area contributed by atoms with Gasteiger partial charge in [0.05, 0.1) is 17.7 Å². The van der Waals surface area contributed by atoms with Crippen molar-refractivity contribution in [2.75, 3.05) is 18.0 Å². The molecular weight excluding hydrogens is 538 g/mol. The summed E-state index contributed by atoms with van der Waals surface area (Å²) in [5.41, 5.74) is 2.10. The van der Waals surface area contributed by atoms with E-state index in [1.54, 1.807) is 73.8 Å². The minimum absolute atomic E-state index is 0.0903. The molecule has 1 atom stereocenters. The van der Waals surface area contributed by atoms with E-state index in [0.29, 0.717) is 17.9 Å². The molecule has 3 aromatic carbocycles. The largest absolute Gasteiger partial charge is 0.497 e. The summed E-state index contributed by atoms with van der Waals surface area (Å²) in [6.07, 6.45) is 4.37. The summed E-state index contributed by atoms with van der Waals surface area (Å²) in [5, 5.41) is 3.13. The topological polar surface area (TPSA) is 96.0 Å². The Balaban J connectivity index is 1.69. The molecule has 8 nitrogen and oxygen atoms in total. The maximum absolute atomic E-state index is 14.1. The number of para-hydroxylation sites is 1. The Morgan fingerprint density at radius 3 is 2.17 bits per heavy atom. The number of benzene rings is 3. The zero-order chi connectivity index (χ0) is 29.4. The Morgan fingerprint density at radius 1 is 0.951 bits per heavy atom. The lowest BCUT2D eigenvalue weighted by Crippen LogP contribution is -2.53. The van der Waals surface area contributed by atoms with Crippen molar-refractivity contribution in [1.82, 2.24) is 10.2 Å². The van der Waals surface area contributed by atoms with Crippen molar-refractivity contribution >= 4 is 27.5 Å². The van der Waals surface area contributed by atoms with Crippen molar-refractivity contribution in [2.45, 2.75) is 69.5 Å². The first kappa shape index (κ1) is 30.1. The second-order valence-electron chi connectivity index (χ2n) is 10.4. The van der Waals surface area contributed by atoms with E-state index in [1.807, 2.05) is 26.0 Å². The van der Waals surface area contributed by atoms with Crippen LogP contribution in [0.15, 0.2) is 83.8 Å². The Hall–Kier alpha value is -3.85. The smallest absolute Gasteiger partial charge is 0.264 e. The molecule has 0 aromatic heterocycles. The Bertz CT molecular complexity index is 1400. The van der Waals surface area contributed by atoms with Crippen LogP contribution in [0.3, 0.4) is 0 Å². The van der Waals surface area contributed by atoms with E-state index in [1.165, 1.54) is 4.90 Å². The van der Waals surface area contributed by atoms with Gasteiger partial charge in [0.25, 0.3) is 10.0 Å². The highest BCUT2D eigenvalue weighted by Gasteiger charge is 2.34.